The first-order valence-electron chi connectivity index (χ1n) is 6.29. The maximum atomic E-state index is 10.5. The monoisotopic (exact) mass is 318 g/mol. The van der Waals surface area contributed by atoms with Gasteiger partial charge in [-0.3, -0.25) is 0 Å². The lowest BCUT2D eigenvalue weighted by Gasteiger charge is -2.13. The van der Waals surface area contributed by atoms with E-state index in [2.05, 4.69) is 15.9 Å². The summed E-state index contributed by atoms with van der Waals surface area (Å²) < 4.78 is 6.42. The largest absolute Gasteiger partial charge is 0.384 e. The van der Waals surface area contributed by atoms with Crippen molar-refractivity contribution in [3.05, 3.63) is 68.7 Å². The molecule has 98 valence electrons. The normalized spacial score (nSPS) is 15.3. The zero-order chi connectivity index (χ0) is 13.4. The number of aliphatic hydroxyl groups excluding tert-OH is 1. The van der Waals surface area contributed by atoms with Crippen molar-refractivity contribution in [3.8, 4) is 0 Å². The SMILES string of the molecule is Cc1ccc(C(O)c2ccc3c(c2)COC3)cc1Br. The topological polar surface area (TPSA) is 29.5 Å². The fourth-order valence-corrected chi connectivity index (χ4v) is 2.73. The van der Waals surface area contributed by atoms with Crippen LogP contribution in [0.3, 0.4) is 0 Å². The highest BCUT2D eigenvalue weighted by Crippen LogP contribution is 2.29. The highest BCUT2D eigenvalue weighted by molar-refractivity contribution is 9.10. The van der Waals surface area contributed by atoms with Crippen LogP contribution in [-0.2, 0) is 18.0 Å². The van der Waals surface area contributed by atoms with Crippen molar-refractivity contribution in [2.45, 2.75) is 26.2 Å². The molecule has 0 amide bonds. The molecule has 1 atom stereocenters. The van der Waals surface area contributed by atoms with Crippen molar-refractivity contribution >= 4 is 15.9 Å². The van der Waals surface area contributed by atoms with Gasteiger partial charge in [0.15, 0.2) is 0 Å². The van der Waals surface area contributed by atoms with Crippen LogP contribution in [0.4, 0.5) is 0 Å². The van der Waals surface area contributed by atoms with Gasteiger partial charge in [0.1, 0.15) is 6.10 Å². The van der Waals surface area contributed by atoms with Crippen molar-refractivity contribution in [1.29, 1.82) is 0 Å². The molecule has 2 aromatic carbocycles. The van der Waals surface area contributed by atoms with E-state index in [4.69, 9.17) is 4.74 Å². The summed E-state index contributed by atoms with van der Waals surface area (Å²) in [6, 6.07) is 12.0. The number of benzene rings is 2. The van der Waals surface area contributed by atoms with Gasteiger partial charge in [-0.25, -0.2) is 0 Å². The van der Waals surface area contributed by atoms with Gasteiger partial charge >= 0.3 is 0 Å². The molecule has 0 fully saturated rings. The summed E-state index contributed by atoms with van der Waals surface area (Å²) in [6.45, 7) is 3.36. The van der Waals surface area contributed by atoms with Gasteiger partial charge in [-0.1, -0.05) is 46.3 Å². The predicted octanol–water partition coefficient (Wildman–Crippen LogP) is 3.87. The fourth-order valence-electron chi connectivity index (χ4n) is 2.33. The zero-order valence-electron chi connectivity index (χ0n) is 10.7. The van der Waals surface area contributed by atoms with E-state index >= 15 is 0 Å². The molecule has 0 spiro atoms. The van der Waals surface area contributed by atoms with Crippen LogP contribution in [0.15, 0.2) is 40.9 Å². The van der Waals surface area contributed by atoms with E-state index < -0.39 is 6.10 Å². The van der Waals surface area contributed by atoms with Crippen molar-refractivity contribution in [2.24, 2.45) is 0 Å². The van der Waals surface area contributed by atoms with Gasteiger partial charge in [0.05, 0.1) is 13.2 Å². The lowest BCUT2D eigenvalue weighted by Crippen LogP contribution is -2.01. The molecule has 0 aromatic heterocycles. The third-order valence-electron chi connectivity index (χ3n) is 3.57. The number of aliphatic hydroxyl groups is 1. The van der Waals surface area contributed by atoms with E-state index in [1.165, 1.54) is 16.7 Å². The molecule has 1 aliphatic rings. The number of aryl methyl sites for hydroxylation is 1. The standard InChI is InChI=1S/C16H15BrO2/c1-10-2-3-12(7-15(10)17)16(18)11-4-5-13-8-19-9-14(13)6-11/h2-7,16,18H,8-9H2,1H3. The molecule has 1 N–H and O–H groups in total. The third kappa shape index (κ3) is 2.46. The minimum absolute atomic E-state index is 0.595. The van der Waals surface area contributed by atoms with Crippen molar-refractivity contribution in [3.63, 3.8) is 0 Å². The molecule has 2 nitrogen and oxygen atoms in total. The zero-order valence-corrected chi connectivity index (χ0v) is 12.3. The summed E-state index contributed by atoms with van der Waals surface area (Å²) >= 11 is 3.51. The molecule has 0 radical (unpaired) electrons. The van der Waals surface area contributed by atoms with Crippen LogP contribution in [0.2, 0.25) is 0 Å². The van der Waals surface area contributed by atoms with E-state index in [1.54, 1.807) is 0 Å². The Morgan fingerprint density at radius 1 is 1.05 bits per heavy atom. The number of rotatable bonds is 2. The van der Waals surface area contributed by atoms with Crippen molar-refractivity contribution in [1.82, 2.24) is 0 Å². The summed E-state index contributed by atoms with van der Waals surface area (Å²) in [7, 11) is 0. The average molecular weight is 319 g/mol. The maximum Gasteiger partial charge on any atom is 0.104 e. The lowest BCUT2D eigenvalue weighted by atomic mass is 9.97. The first-order chi connectivity index (χ1) is 9.15. The first-order valence-corrected chi connectivity index (χ1v) is 7.08. The second kappa shape index (κ2) is 5.08. The Balaban J connectivity index is 1.94. The highest BCUT2D eigenvalue weighted by Gasteiger charge is 2.16. The smallest absolute Gasteiger partial charge is 0.104 e. The minimum atomic E-state index is -0.595. The van der Waals surface area contributed by atoms with Crippen LogP contribution in [0, 0.1) is 6.92 Å². The van der Waals surface area contributed by atoms with E-state index in [-0.39, 0.29) is 0 Å². The Morgan fingerprint density at radius 2 is 1.74 bits per heavy atom. The summed E-state index contributed by atoms with van der Waals surface area (Å²) in [6.07, 6.45) is -0.595. The number of hydrogen-bond acceptors (Lipinski definition) is 2. The van der Waals surface area contributed by atoms with E-state index in [0.29, 0.717) is 13.2 Å². The fraction of sp³-hybridized carbons (Fsp3) is 0.250. The number of fused-ring (bicyclic) bond motifs is 1. The molecular weight excluding hydrogens is 304 g/mol. The van der Waals surface area contributed by atoms with Gasteiger partial charge in [-0.15, -0.1) is 0 Å². The van der Waals surface area contributed by atoms with Gasteiger partial charge in [0.2, 0.25) is 0 Å². The average Bonchev–Trinajstić information content (AvgIpc) is 2.88. The first kappa shape index (κ1) is 12.9. The summed E-state index contributed by atoms with van der Waals surface area (Å²) in [5.41, 5.74) is 5.39. The van der Waals surface area contributed by atoms with Crippen LogP contribution in [-0.4, -0.2) is 5.11 Å². The van der Waals surface area contributed by atoms with Gasteiger partial charge < -0.3 is 9.84 Å². The minimum Gasteiger partial charge on any atom is -0.384 e. The van der Waals surface area contributed by atoms with Gasteiger partial charge in [-0.2, -0.15) is 0 Å². The molecule has 1 aliphatic heterocycles. The number of hydrogen-bond donors (Lipinski definition) is 1. The van der Waals surface area contributed by atoms with Gasteiger partial charge in [0.25, 0.3) is 0 Å². The lowest BCUT2D eigenvalue weighted by molar-refractivity contribution is 0.134. The van der Waals surface area contributed by atoms with Crippen LogP contribution in [0.25, 0.3) is 0 Å². The Hall–Kier alpha value is -1.16. The van der Waals surface area contributed by atoms with Crippen LogP contribution < -0.4 is 0 Å². The quantitative estimate of drug-likeness (QED) is 0.910. The van der Waals surface area contributed by atoms with Crippen LogP contribution in [0.1, 0.15) is 33.9 Å². The molecule has 3 heteroatoms. The molecule has 2 aromatic rings. The maximum absolute atomic E-state index is 10.5. The van der Waals surface area contributed by atoms with Gasteiger partial charge in [-0.05, 0) is 40.8 Å². The molecule has 0 aliphatic carbocycles. The van der Waals surface area contributed by atoms with Gasteiger partial charge in [0, 0.05) is 4.47 Å². The second-order valence-electron chi connectivity index (χ2n) is 4.93. The number of ether oxygens (including phenoxy) is 1. The Bertz CT molecular complexity index is 622. The van der Waals surface area contributed by atoms with E-state index in [0.717, 1.165) is 15.6 Å². The Morgan fingerprint density at radius 3 is 2.53 bits per heavy atom. The summed E-state index contributed by atoms with van der Waals surface area (Å²) in [4.78, 5) is 0. The summed E-state index contributed by atoms with van der Waals surface area (Å²) in [5, 5.41) is 10.5. The molecular formula is C16H15BrO2. The van der Waals surface area contributed by atoms with Crippen molar-refractivity contribution < 1.29 is 9.84 Å². The molecule has 1 heterocycles. The molecule has 0 bridgehead atoms. The Labute approximate surface area is 121 Å². The summed E-state index contributed by atoms with van der Waals surface area (Å²) in [5.74, 6) is 0. The molecule has 19 heavy (non-hydrogen) atoms. The van der Waals surface area contributed by atoms with Crippen LogP contribution >= 0.6 is 15.9 Å². The van der Waals surface area contributed by atoms with Crippen molar-refractivity contribution in [2.75, 3.05) is 0 Å². The van der Waals surface area contributed by atoms with E-state index in [1.807, 2.05) is 43.3 Å². The second-order valence-corrected chi connectivity index (χ2v) is 5.79. The Kier molecular flexibility index (Phi) is 3.44. The third-order valence-corrected chi connectivity index (χ3v) is 4.43. The molecule has 0 saturated heterocycles. The molecule has 0 saturated carbocycles. The molecule has 1 unspecified atom stereocenters. The predicted molar refractivity (Wildman–Crippen MR) is 77.9 cm³/mol. The highest BCUT2D eigenvalue weighted by atomic mass is 79.9. The molecule has 3 rings (SSSR count). The van der Waals surface area contributed by atoms with E-state index in [9.17, 15) is 5.11 Å². The number of halogens is 1. The van der Waals surface area contributed by atoms with Crippen LogP contribution in [0.5, 0.6) is 0 Å².